The second-order valence-corrected chi connectivity index (χ2v) is 7.18. The largest absolute Gasteiger partial charge is 0.502 e. The Bertz CT molecular complexity index is 1290. The number of aromatic nitrogens is 3. The highest BCUT2D eigenvalue weighted by Gasteiger charge is 2.37. The molecule has 0 saturated heterocycles. The monoisotopic (exact) mass is 420 g/mol. The summed E-state index contributed by atoms with van der Waals surface area (Å²) in [5.74, 6) is -0.250. The first-order valence-corrected chi connectivity index (χ1v) is 9.34. The molecular weight excluding hydrogens is 404 g/mol. The standard InChI is InChI=1S/C22H17ClN4O3/c1-27-12-25-11-18(27)22(29,14-5-3-13(10-24)4-6-14)15-7-8-17-16(9-15)19(23)20(28)21(26-17)30-2/h3-9,11-12,28-29H,1-2H3. The van der Waals surface area contributed by atoms with Gasteiger partial charge in [0, 0.05) is 12.4 Å². The second-order valence-electron chi connectivity index (χ2n) is 6.80. The van der Waals surface area contributed by atoms with E-state index < -0.39 is 5.60 Å². The minimum atomic E-state index is -1.59. The van der Waals surface area contributed by atoms with Crippen molar-refractivity contribution in [3.63, 3.8) is 0 Å². The van der Waals surface area contributed by atoms with Gasteiger partial charge < -0.3 is 19.5 Å². The van der Waals surface area contributed by atoms with Crippen LogP contribution in [0.5, 0.6) is 11.6 Å². The van der Waals surface area contributed by atoms with E-state index in [0.717, 1.165) is 0 Å². The van der Waals surface area contributed by atoms with Crippen LogP contribution in [0, 0.1) is 11.3 Å². The van der Waals surface area contributed by atoms with Crippen LogP contribution in [0.4, 0.5) is 0 Å². The van der Waals surface area contributed by atoms with E-state index in [1.54, 1.807) is 66.6 Å². The molecule has 7 nitrogen and oxygen atoms in total. The molecule has 4 rings (SSSR count). The van der Waals surface area contributed by atoms with E-state index in [4.69, 9.17) is 21.6 Å². The van der Waals surface area contributed by atoms with Crippen molar-refractivity contribution >= 4 is 22.5 Å². The minimum Gasteiger partial charge on any atom is -0.502 e. The van der Waals surface area contributed by atoms with Gasteiger partial charge in [0.2, 0.25) is 0 Å². The van der Waals surface area contributed by atoms with Crippen molar-refractivity contribution in [3.8, 4) is 17.7 Å². The van der Waals surface area contributed by atoms with Crippen LogP contribution >= 0.6 is 11.6 Å². The topological polar surface area (TPSA) is 104 Å². The molecule has 8 heteroatoms. The van der Waals surface area contributed by atoms with Gasteiger partial charge in [0.1, 0.15) is 0 Å². The molecule has 1 atom stereocenters. The maximum atomic E-state index is 12.0. The molecule has 0 aliphatic heterocycles. The molecule has 0 amide bonds. The molecule has 0 bridgehead atoms. The molecule has 0 aliphatic carbocycles. The number of fused-ring (bicyclic) bond motifs is 1. The van der Waals surface area contributed by atoms with E-state index in [2.05, 4.69) is 16.0 Å². The van der Waals surface area contributed by atoms with E-state index in [9.17, 15) is 10.2 Å². The number of methoxy groups -OCH3 is 1. The van der Waals surface area contributed by atoms with Crippen LogP contribution in [0.15, 0.2) is 55.0 Å². The molecule has 2 heterocycles. The van der Waals surface area contributed by atoms with Gasteiger partial charge in [-0.1, -0.05) is 29.8 Å². The minimum absolute atomic E-state index is 0.0224. The quantitative estimate of drug-likeness (QED) is 0.523. The first-order chi connectivity index (χ1) is 14.4. The third-order valence-corrected chi connectivity index (χ3v) is 5.48. The fourth-order valence-corrected chi connectivity index (χ4v) is 3.75. The smallest absolute Gasteiger partial charge is 0.258 e. The van der Waals surface area contributed by atoms with Crippen molar-refractivity contribution in [1.29, 1.82) is 5.26 Å². The second kappa shape index (κ2) is 7.34. The molecule has 2 aromatic carbocycles. The van der Waals surface area contributed by atoms with Crippen molar-refractivity contribution in [2.75, 3.05) is 7.11 Å². The van der Waals surface area contributed by atoms with Gasteiger partial charge in [-0.3, -0.25) is 0 Å². The lowest BCUT2D eigenvalue weighted by atomic mass is 9.82. The van der Waals surface area contributed by atoms with Gasteiger partial charge in [0.05, 0.1) is 47.5 Å². The molecule has 4 aromatic rings. The Balaban J connectivity index is 2.00. The highest BCUT2D eigenvalue weighted by molar-refractivity contribution is 6.37. The fourth-order valence-electron chi connectivity index (χ4n) is 3.51. The zero-order valence-corrected chi connectivity index (χ0v) is 16.9. The molecule has 0 radical (unpaired) electrons. The molecule has 150 valence electrons. The maximum Gasteiger partial charge on any atom is 0.258 e. The van der Waals surface area contributed by atoms with Gasteiger partial charge in [-0.15, -0.1) is 0 Å². The first-order valence-electron chi connectivity index (χ1n) is 8.96. The Morgan fingerprint density at radius 2 is 1.87 bits per heavy atom. The molecular formula is C22H17ClN4O3. The fraction of sp³-hybridized carbons (Fsp3) is 0.136. The van der Waals surface area contributed by atoms with Crippen LogP contribution in [-0.4, -0.2) is 31.9 Å². The summed E-state index contributed by atoms with van der Waals surface area (Å²) < 4.78 is 6.78. The molecule has 0 spiro atoms. The number of aliphatic hydroxyl groups is 1. The number of halogens is 1. The lowest BCUT2D eigenvalue weighted by Gasteiger charge is -2.30. The van der Waals surface area contributed by atoms with Gasteiger partial charge in [-0.05, 0) is 35.4 Å². The van der Waals surface area contributed by atoms with Gasteiger partial charge in [0.15, 0.2) is 11.4 Å². The number of imidazole rings is 1. The lowest BCUT2D eigenvalue weighted by molar-refractivity contribution is 0.117. The summed E-state index contributed by atoms with van der Waals surface area (Å²) in [5.41, 5.74) is 0.961. The number of nitrogens with zero attached hydrogens (tertiary/aromatic N) is 4. The normalized spacial score (nSPS) is 13.0. The maximum absolute atomic E-state index is 12.0. The van der Waals surface area contributed by atoms with Crippen LogP contribution in [0.1, 0.15) is 22.4 Å². The Morgan fingerprint density at radius 3 is 2.47 bits per heavy atom. The van der Waals surface area contributed by atoms with Crippen LogP contribution < -0.4 is 4.74 Å². The van der Waals surface area contributed by atoms with E-state index in [0.29, 0.717) is 33.3 Å². The van der Waals surface area contributed by atoms with Crippen molar-refractivity contribution in [2.24, 2.45) is 7.05 Å². The predicted molar refractivity (Wildman–Crippen MR) is 111 cm³/mol. The van der Waals surface area contributed by atoms with E-state index in [1.165, 1.54) is 7.11 Å². The van der Waals surface area contributed by atoms with E-state index >= 15 is 0 Å². The molecule has 0 fully saturated rings. The van der Waals surface area contributed by atoms with Crippen LogP contribution in [0.2, 0.25) is 5.02 Å². The molecule has 2 N–H and O–H groups in total. The van der Waals surface area contributed by atoms with Gasteiger partial charge in [0.25, 0.3) is 5.88 Å². The number of ether oxygens (including phenoxy) is 1. The third kappa shape index (κ3) is 2.94. The number of hydrogen-bond donors (Lipinski definition) is 2. The Morgan fingerprint density at radius 1 is 1.17 bits per heavy atom. The summed E-state index contributed by atoms with van der Waals surface area (Å²) in [4.78, 5) is 8.41. The van der Waals surface area contributed by atoms with Gasteiger partial charge >= 0.3 is 0 Å². The average molecular weight is 421 g/mol. The SMILES string of the molecule is COc1nc2ccc(C(O)(c3ccc(C#N)cc3)c3cncn3C)cc2c(Cl)c1O. The Kier molecular flexibility index (Phi) is 4.82. The molecule has 2 aromatic heterocycles. The number of hydrogen-bond acceptors (Lipinski definition) is 6. The van der Waals surface area contributed by atoms with E-state index in [1.807, 2.05) is 0 Å². The number of nitriles is 1. The zero-order chi connectivity index (χ0) is 21.5. The Hall–Kier alpha value is -3.60. The first kappa shape index (κ1) is 19.7. The molecule has 30 heavy (non-hydrogen) atoms. The number of aryl methyl sites for hydroxylation is 1. The van der Waals surface area contributed by atoms with Crippen LogP contribution in [0.3, 0.4) is 0 Å². The highest BCUT2D eigenvalue weighted by Crippen LogP contribution is 2.42. The number of pyridine rings is 1. The summed E-state index contributed by atoms with van der Waals surface area (Å²) in [5, 5.41) is 31.9. The highest BCUT2D eigenvalue weighted by atomic mass is 35.5. The van der Waals surface area contributed by atoms with Gasteiger partial charge in [-0.25, -0.2) is 9.97 Å². The van der Waals surface area contributed by atoms with Crippen molar-refractivity contribution in [3.05, 3.63) is 82.4 Å². The molecule has 1 unspecified atom stereocenters. The average Bonchev–Trinajstić information content (AvgIpc) is 3.21. The number of benzene rings is 2. The number of aromatic hydroxyl groups is 1. The number of rotatable bonds is 4. The summed E-state index contributed by atoms with van der Waals surface area (Å²) in [6, 6.07) is 13.9. The molecule has 0 aliphatic rings. The summed E-state index contributed by atoms with van der Waals surface area (Å²) >= 11 is 6.37. The molecule has 0 saturated carbocycles. The van der Waals surface area contributed by atoms with E-state index in [-0.39, 0.29) is 16.7 Å². The zero-order valence-electron chi connectivity index (χ0n) is 16.2. The summed E-state index contributed by atoms with van der Waals surface area (Å²) in [7, 11) is 3.17. The van der Waals surface area contributed by atoms with Gasteiger partial charge in [-0.2, -0.15) is 5.26 Å². The lowest BCUT2D eigenvalue weighted by Crippen LogP contribution is -2.31. The Labute approximate surface area is 177 Å². The van der Waals surface area contributed by atoms with Crippen molar-refractivity contribution < 1.29 is 14.9 Å². The predicted octanol–water partition coefficient (Wildman–Crippen LogP) is 3.49. The third-order valence-electron chi connectivity index (χ3n) is 5.10. The van der Waals surface area contributed by atoms with Crippen LogP contribution in [0.25, 0.3) is 10.9 Å². The van der Waals surface area contributed by atoms with Crippen molar-refractivity contribution in [2.45, 2.75) is 5.60 Å². The summed E-state index contributed by atoms with van der Waals surface area (Å²) in [6.07, 6.45) is 3.17. The van der Waals surface area contributed by atoms with Crippen LogP contribution in [-0.2, 0) is 12.6 Å². The summed E-state index contributed by atoms with van der Waals surface area (Å²) in [6.45, 7) is 0. The van der Waals surface area contributed by atoms with Crippen molar-refractivity contribution in [1.82, 2.24) is 14.5 Å².